The van der Waals surface area contributed by atoms with Crippen LogP contribution in [0.3, 0.4) is 0 Å². The van der Waals surface area contributed by atoms with Crippen molar-refractivity contribution in [3.63, 3.8) is 0 Å². The third-order valence-corrected chi connectivity index (χ3v) is 7.87. The van der Waals surface area contributed by atoms with Crippen molar-refractivity contribution in [1.82, 2.24) is 9.78 Å². The lowest BCUT2D eigenvalue weighted by Crippen LogP contribution is -2.24. The Morgan fingerprint density at radius 2 is 2.03 bits per heavy atom. The summed E-state index contributed by atoms with van der Waals surface area (Å²) in [6.07, 6.45) is 9.59. The molecule has 4 rings (SSSR count). The number of aromatic nitrogens is 2. The summed E-state index contributed by atoms with van der Waals surface area (Å²) in [4.78, 5) is 13.3. The monoisotopic (exact) mass is 465 g/mol. The van der Waals surface area contributed by atoms with E-state index in [1.165, 1.54) is 18.9 Å². The lowest BCUT2D eigenvalue weighted by molar-refractivity contribution is -0.118. The van der Waals surface area contributed by atoms with Crippen LogP contribution in [0.25, 0.3) is 0 Å². The lowest BCUT2D eigenvalue weighted by Gasteiger charge is -2.21. The summed E-state index contributed by atoms with van der Waals surface area (Å²) in [5.41, 5.74) is 0.0321. The summed E-state index contributed by atoms with van der Waals surface area (Å²) in [5.74, 6) is 0.243. The van der Waals surface area contributed by atoms with E-state index in [-0.39, 0.29) is 15.8 Å². The van der Waals surface area contributed by atoms with Gasteiger partial charge in [-0.2, -0.15) is 5.10 Å². The first-order valence-corrected chi connectivity index (χ1v) is 13.0. The lowest BCUT2D eigenvalue weighted by atomic mass is 9.87. The van der Waals surface area contributed by atoms with E-state index in [1.807, 2.05) is 0 Å². The number of nitrogens with one attached hydrogen (secondary N) is 1. The van der Waals surface area contributed by atoms with Gasteiger partial charge in [-0.15, -0.1) is 0 Å². The van der Waals surface area contributed by atoms with E-state index in [2.05, 4.69) is 10.4 Å². The molecule has 0 saturated heterocycles. The SMILES string of the molecule is CS(=O)(=O)c1ccc([C@@H](CC2CCCC2)C(=O)Nc2ccn(CC3(O)CC3)n2)cc1Cl. The molecule has 2 aliphatic carbocycles. The maximum Gasteiger partial charge on any atom is 0.233 e. The van der Waals surface area contributed by atoms with Crippen LogP contribution in [0.5, 0.6) is 0 Å². The van der Waals surface area contributed by atoms with E-state index in [4.69, 9.17) is 11.6 Å². The summed E-state index contributed by atoms with van der Waals surface area (Å²) in [5, 5.41) is 17.5. The first-order chi connectivity index (χ1) is 14.6. The summed E-state index contributed by atoms with van der Waals surface area (Å²) in [6, 6.07) is 6.48. The van der Waals surface area contributed by atoms with Gasteiger partial charge in [0.05, 0.1) is 28.0 Å². The molecular formula is C22H28ClN3O4S. The number of rotatable bonds is 8. The van der Waals surface area contributed by atoms with E-state index in [0.29, 0.717) is 30.3 Å². The van der Waals surface area contributed by atoms with Crippen LogP contribution in [0.2, 0.25) is 5.02 Å². The first-order valence-electron chi connectivity index (χ1n) is 10.7. The van der Waals surface area contributed by atoms with E-state index in [1.54, 1.807) is 29.1 Å². The van der Waals surface area contributed by atoms with Crippen molar-refractivity contribution in [3.05, 3.63) is 41.0 Å². The van der Waals surface area contributed by atoms with Crippen molar-refractivity contribution in [1.29, 1.82) is 0 Å². The molecule has 1 amide bonds. The van der Waals surface area contributed by atoms with E-state index < -0.39 is 21.4 Å². The molecule has 2 N–H and O–H groups in total. The molecule has 2 aliphatic rings. The average Bonchev–Trinajstić information content (AvgIpc) is 3.08. The number of carbonyl (C=O) groups is 1. The zero-order chi connectivity index (χ0) is 22.2. The molecule has 0 radical (unpaired) electrons. The van der Waals surface area contributed by atoms with Crippen molar-refractivity contribution in [2.75, 3.05) is 11.6 Å². The number of hydrogen-bond donors (Lipinski definition) is 2. The maximum absolute atomic E-state index is 13.2. The quantitative estimate of drug-likeness (QED) is 0.618. The molecule has 1 aromatic carbocycles. The highest BCUT2D eigenvalue weighted by Crippen LogP contribution is 2.37. The van der Waals surface area contributed by atoms with Gasteiger partial charge < -0.3 is 10.4 Å². The van der Waals surface area contributed by atoms with Crippen LogP contribution in [-0.4, -0.2) is 41.1 Å². The van der Waals surface area contributed by atoms with Gasteiger partial charge in [-0.1, -0.05) is 43.4 Å². The third kappa shape index (κ3) is 5.48. The van der Waals surface area contributed by atoms with Crippen LogP contribution in [0.15, 0.2) is 35.4 Å². The van der Waals surface area contributed by atoms with Gasteiger partial charge in [0.15, 0.2) is 15.7 Å². The molecule has 2 saturated carbocycles. The largest absolute Gasteiger partial charge is 0.388 e. The molecular weight excluding hydrogens is 438 g/mol. The van der Waals surface area contributed by atoms with Crippen molar-refractivity contribution in [2.24, 2.45) is 5.92 Å². The Bertz CT molecular complexity index is 1070. The summed E-state index contributed by atoms with van der Waals surface area (Å²) < 4.78 is 25.4. The standard InChI is InChI=1S/C22H28ClN3O4S/c1-31(29,30)19-7-6-16(13-18(19)23)17(12-15-4-2-3-5-15)21(27)24-20-8-11-26(25-20)14-22(28)9-10-22/h6-8,11,13,15,17,28H,2-5,9-10,12,14H2,1H3,(H,24,25,27)/t17-/m1/s1. The molecule has 2 aromatic rings. The minimum Gasteiger partial charge on any atom is -0.388 e. The van der Waals surface area contributed by atoms with Gasteiger partial charge in [-0.05, 0) is 42.9 Å². The van der Waals surface area contributed by atoms with Crippen LogP contribution in [-0.2, 0) is 21.2 Å². The Kier molecular flexibility index (Phi) is 6.16. The highest BCUT2D eigenvalue weighted by atomic mass is 35.5. The van der Waals surface area contributed by atoms with Gasteiger partial charge in [-0.25, -0.2) is 8.42 Å². The van der Waals surface area contributed by atoms with Crippen LogP contribution >= 0.6 is 11.6 Å². The van der Waals surface area contributed by atoms with Crippen molar-refractivity contribution in [2.45, 2.75) is 67.9 Å². The zero-order valence-electron chi connectivity index (χ0n) is 17.6. The van der Waals surface area contributed by atoms with E-state index >= 15 is 0 Å². The minimum atomic E-state index is -3.44. The molecule has 1 atom stereocenters. The second-order valence-electron chi connectivity index (χ2n) is 9.01. The van der Waals surface area contributed by atoms with Gasteiger partial charge in [0.2, 0.25) is 5.91 Å². The molecule has 0 aliphatic heterocycles. The normalized spacial score (nSPS) is 19.3. The molecule has 2 fully saturated rings. The molecule has 1 aromatic heterocycles. The molecule has 9 heteroatoms. The third-order valence-electron chi connectivity index (χ3n) is 6.29. The second-order valence-corrected chi connectivity index (χ2v) is 11.4. The Morgan fingerprint density at radius 3 is 2.65 bits per heavy atom. The van der Waals surface area contributed by atoms with Crippen LogP contribution in [0, 0.1) is 5.92 Å². The minimum absolute atomic E-state index is 0.0645. The number of hydrogen-bond acceptors (Lipinski definition) is 5. The predicted octanol–water partition coefficient (Wildman–Crippen LogP) is 3.77. The Morgan fingerprint density at radius 1 is 1.32 bits per heavy atom. The topological polar surface area (TPSA) is 101 Å². The Hall–Kier alpha value is -1.90. The Balaban J connectivity index is 1.54. The van der Waals surface area contributed by atoms with Gasteiger partial charge in [0, 0.05) is 18.5 Å². The number of amides is 1. The Labute approximate surface area is 187 Å². The average molecular weight is 466 g/mol. The molecule has 31 heavy (non-hydrogen) atoms. The summed E-state index contributed by atoms with van der Waals surface area (Å²) in [6.45, 7) is 0.414. The predicted molar refractivity (Wildman–Crippen MR) is 119 cm³/mol. The smallest absolute Gasteiger partial charge is 0.233 e. The number of nitrogens with zero attached hydrogens (tertiary/aromatic N) is 2. The fourth-order valence-electron chi connectivity index (χ4n) is 4.34. The number of aliphatic hydroxyl groups is 1. The highest BCUT2D eigenvalue weighted by molar-refractivity contribution is 7.90. The van der Waals surface area contributed by atoms with E-state index in [9.17, 15) is 18.3 Å². The molecule has 0 unspecified atom stereocenters. The van der Waals surface area contributed by atoms with Crippen LogP contribution < -0.4 is 5.32 Å². The molecule has 0 bridgehead atoms. The van der Waals surface area contributed by atoms with Gasteiger partial charge in [0.1, 0.15) is 0 Å². The van der Waals surface area contributed by atoms with Gasteiger partial charge in [-0.3, -0.25) is 9.48 Å². The van der Waals surface area contributed by atoms with Crippen molar-refractivity contribution in [3.8, 4) is 0 Å². The first kappa shape index (κ1) is 22.3. The number of benzene rings is 1. The summed E-state index contributed by atoms with van der Waals surface area (Å²) >= 11 is 6.26. The highest BCUT2D eigenvalue weighted by Gasteiger charge is 2.41. The van der Waals surface area contributed by atoms with Crippen LogP contribution in [0.1, 0.15) is 56.4 Å². The molecule has 7 nitrogen and oxygen atoms in total. The van der Waals surface area contributed by atoms with Gasteiger partial charge >= 0.3 is 0 Å². The number of sulfone groups is 1. The van der Waals surface area contributed by atoms with Crippen molar-refractivity contribution >= 4 is 33.2 Å². The summed E-state index contributed by atoms with van der Waals surface area (Å²) in [7, 11) is -3.44. The molecule has 1 heterocycles. The maximum atomic E-state index is 13.2. The molecule has 168 valence electrons. The van der Waals surface area contributed by atoms with Crippen molar-refractivity contribution < 1.29 is 18.3 Å². The fraction of sp³-hybridized carbons (Fsp3) is 0.545. The number of halogens is 1. The second kappa shape index (κ2) is 8.56. The zero-order valence-corrected chi connectivity index (χ0v) is 19.1. The fourth-order valence-corrected chi connectivity index (χ4v) is 5.68. The van der Waals surface area contributed by atoms with Crippen LogP contribution in [0.4, 0.5) is 5.82 Å². The van der Waals surface area contributed by atoms with E-state index in [0.717, 1.165) is 31.9 Å². The van der Waals surface area contributed by atoms with Gasteiger partial charge in [0.25, 0.3) is 0 Å². The number of anilines is 1. The number of carbonyl (C=O) groups excluding carboxylic acids is 1. The molecule has 0 spiro atoms.